The zero-order valence-corrected chi connectivity index (χ0v) is 12.0. The second kappa shape index (κ2) is 5.88. The van der Waals surface area contributed by atoms with Crippen LogP contribution < -0.4 is 5.32 Å². The third-order valence-electron chi connectivity index (χ3n) is 2.66. The molecule has 0 spiro atoms. The maximum Gasteiger partial charge on any atom is 0.268 e. The van der Waals surface area contributed by atoms with Crippen molar-refractivity contribution < 1.29 is 13.8 Å². The van der Waals surface area contributed by atoms with Gasteiger partial charge in [0, 0.05) is 6.07 Å². The van der Waals surface area contributed by atoms with E-state index in [1.54, 1.807) is 13.0 Å². The molecule has 8 heteroatoms. The largest absolute Gasteiger partial charge is 0.361 e. The molecular weight excluding hydrogens is 292 g/mol. The lowest BCUT2D eigenvalue weighted by Crippen LogP contribution is -2.24. The van der Waals surface area contributed by atoms with Gasteiger partial charge in [0.05, 0.1) is 23.5 Å². The van der Waals surface area contributed by atoms with Crippen molar-refractivity contribution in [2.75, 3.05) is 0 Å². The first-order valence-electron chi connectivity index (χ1n) is 6.26. The molecule has 0 saturated heterocycles. The van der Waals surface area contributed by atoms with Gasteiger partial charge in [-0.3, -0.25) is 4.79 Å². The zero-order valence-electron chi connectivity index (χ0n) is 11.2. The zero-order chi connectivity index (χ0) is 14.7. The molecule has 0 radical (unpaired) electrons. The van der Waals surface area contributed by atoms with Crippen LogP contribution in [0.2, 0.25) is 0 Å². The van der Waals surface area contributed by atoms with Gasteiger partial charge >= 0.3 is 0 Å². The molecule has 1 amide bonds. The molecule has 0 aromatic carbocycles. The Labute approximate surface area is 124 Å². The number of aromatic nitrogens is 3. The normalized spacial score (nSPS) is 10.7. The molecule has 21 heavy (non-hydrogen) atoms. The number of rotatable bonds is 5. The van der Waals surface area contributed by atoms with E-state index >= 15 is 0 Å². The van der Waals surface area contributed by atoms with Crippen LogP contribution in [0.25, 0.3) is 10.8 Å². The van der Waals surface area contributed by atoms with Gasteiger partial charge in [0.15, 0.2) is 5.82 Å². The predicted octanol–water partition coefficient (Wildman–Crippen LogP) is 1.95. The topological polar surface area (TPSA) is 94.1 Å². The van der Waals surface area contributed by atoms with Gasteiger partial charge in [-0.15, -0.1) is 11.3 Å². The summed E-state index contributed by atoms with van der Waals surface area (Å²) in [7, 11) is 0. The monoisotopic (exact) mass is 304 g/mol. The van der Waals surface area contributed by atoms with E-state index in [0.717, 1.165) is 10.6 Å². The molecule has 0 atom stereocenters. The van der Waals surface area contributed by atoms with E-state index in [2.05, 4.69) is 20.6 Å². The van der Waals surface area contributed by atoms with Crippen molar-refractivity contribution in [1.82, 2.24) is 20.6 Å². The average Bonchev–Trinajstić information content (AvgIpc) is 3.17. The molecule has 3 heterocycles. The van der Waals surface area contributed by atoms with Crippen LogP contribution in [-0.2, 0) is 17.8 Å². The summed E-state index contributed by atoms with van der Waals surface area (Å²) in [5.74, 6) is 1.23. The summed E-state index contributed by atoms with van der Waals surface area (Å²) < 4.78 is 10.1. The van der Waals surface area contributed by atoms with Crippen LogP contribution in [0.3, 0.4) is 0 Å². The highest BCUT2D eigenvalue weighted by molar-refractivity contribution is 7.13. The second-order valence-corrected chi connectivity index (χ2v) is 5.33. The van der Waals surface area contributed by atoms with Gasteiger partial charge in [-0.2, -0.15) is 4.98 Å². The smallest absolute Gasteiger partial charge is 0.268 e. The number of amides is 1. The van der Waals surface area contributed by atoms with E-state index in [4.69, 9.17) is 9.05 Å². The number of thiophene rings is 1. The van der Waals surface area contributed by atoms with Crippen molar-refractivity contribution in [3.05, 3.63) is 40.9 Å². The van der Waals surface area contributed by atoms with Gasteiger partial charge in [-0.1, -0.05) is 16.4 Å². The highest BCUT2D eigenvalue weighted by atomic mass is 32.1. The van der Waals surface area contributed by atoms with E-state index in [9.17, 15) is 4.79 Å². The Kier molecular flexibility index (Phi) is 3.78. The first-order valence-corrected chi connectivity index (χ1v) is 7.14. The summed E-state index contributed by atoms with van der Waals surface area (Å²) in [6.07, 6.45) is 0.135. The quantitative estimate of drug-likeness (QED) is 0.774. The minimum absolute atomic E-state index is 0.135. The molecule has 0 saturated carbocycles. The molecule has 3 aromatic rings. The van der Waals surface area contributed by atoms with Gasteiger partial charge in [-0.25, -0.2) is 0 Å². The number of carbonyl (C=O) groups excluding carboxylic acids is 1. The fourth-order valence-corrected chi connectivity index (χ4v) is 2.37. The Morgan fingerprint density at radius 3 is 3.00 bits per heavy atom. The van der Waals surface area contributed by atoms with E-state index < -0.39 is 0 Å². The highest BCUT2D eigenvalue weighted by Gasteiger charge is 2.12. The number of nitrogens with zero attached hydrogens (tertiary/aromatic N) is 3. The summed E-state index contributed by atoms with van der Waals surface area (Å²) >= 11 is 1.51. The summed E-state index contributed by atoms with van der Waals surface area (Å²) in [4.78, 5) is 16.9. The molecule has 0 aliphatic rings. The first kappa shape index (κ1) is 13.5. The maximum absolute atomic E-state index is 11.7. The standard InChI is InChI=1S/C13H12N4O3S/c1-8-5-9(19-16-8)6-12(18)14-7-11-15-13(20-17-11)10-3-2-4-21-10/h2-5H,6-7H2,1H3,(H,14,18). The number of hydrogen-bond donors (Lipinski definition) is 1. The molecule has 108 valence electrons. The molecule has 0 fully saturated rings. The molecule has 0 aliphatic carbocycles. The Bertz CT molecular complexity index is 732. The maximum atomic E-state index is 11.7. The molecule has 1 N–H and O–H groups in total. The molecular formula is C13H12N4O3S. The van der Waals surface area contributed by atoms with E-state index in [1.165, 1.54) is 11.3 Å². The van der Waals surface area contributed by atoms with Crippen molar-refractivity contribution in [2.45, 2.75) is 19.9 Å². The van der Waals surface area contributed by atoms with Crippen molar-refractivity contribution >= 4 is 17.2 Å². The fourth-order valence-electron chi connectivity index (χ4n) is 1.72. The summed E-state index contributed by atoms with van der Waals surface area (Å²) in [5, 5.41) is 12.2. The number of hydrogen-bond acceptors (Lipinski definition) is 7. The third kappa shape index (κ3) is 3.34. The minimum atomic E-state index is -0.186. The van der Waals surface area contributed by atoms with Crippen LogP contribution in [0, 0.1) is 6.92 Å². The van der Waals surface area contributed by atoms with Crippen LogP contribution in [0.4, 0.5) is 0 Å². The lowest BCUT2D eigenvalue weighted by molar-refractivity contribution is -0.120. The van der Waals surface area contributed by atoms with Gasteiger partial charge in [0.1, 0.15) is 5.76 Å². The van der Waals surface area contributed by atoms with Crippen molar-refractivity contribution in [3.8, 4) is 10.8 Å². The summed E-state index contributed by atoms with van der Waals surface area (Å²) in [5.41, 5.74) is 0.747. The van der Waals surface area contributed by atoms with Crippen LogP contribution >= 0.6 is 11.3 Å². The van der Waals surface area contributed by atoms with Crippen molar-refractivity contribution in [2.24, 2.45) is 0 Å². The molecule has 0 aliphatic heterocycles. The average molecular weight is 304 g/mol. The van der Waals surface area contributed by atoms with E-state index in [0.29, 0.717) is 17.5 Å². The van der Waals surface area contributed by atoms with Crippen LogP contribution in [0.1, 0.15) is 17.3 Å². The van der Waals surface area contributed by atoms with E-state index in [1.807, 2.05) is 17.5 Å². The summed E-state index contributed by atoms with van der Waals surface area (Å²) in [6.45, 7) is 2.01. The second-order valence-electron chi connectivity index (χ2n) is 4.38. The molecule has 3 rings (SSSR count). The lowest BCUT2D eigenvalue weighted by atomic mass is 10.3. The van der Waals surface area contributed by atoms with E-state index in [-0.39, 0.29) is 18.9 Å². The number of aryl methyl sites for hydroxylation is 1. The van der Waals surface area contributed by atoms with Gasteiger partial charge in [-0.05, 0) is 18.4 Å². The molecule has 0 bridgehead atoms. The van der Waals surface area contributed by atoms with Crippen molar-refractivity contribution in [1.29, 1.82) is 0 Å². The molecule has 7 nitrogen and oxygen atoms in total. The Morgan fingerprint density at radius 1 is 1.38 bits per heavy atom. The Hall–Kier alpha value is -2.48. The number of carbonyl (C=O) groups is 1. The SMILES string of the molecule is Cc1cc(CC(=O)NCc2noc(-c3cccs3)n2)on1. The molecule has 0 unspecified atom stereocenters. The van der Waals surface area contributed by atoms with Gasteiger partial charge in [0.2, 0.25) is 5.91 Å². The van der Waals surface area contributed by atoms with Gasteiger partial charge in [0.25, 0.3) is 5.89 Å². The summed E-state index contributed by atoms with van der Waals surface area (Å²) in [6, 6.07) is 5.53. The van der Waals surface area contributed by atoms with Crippen LogP contribution in [0.5, 0.6) is 0 Å². The van der Waals surface area contributed by atoms with Crippen LogP contribution in [-0.4, -0.2) is 21.2 Å². The highest BCUT2D eigenvalue weighted by Crippen LogP contribution is 2.22. The first-order chi connectivity index (χ1) is 10.2. The predicted molar refractivity (Wildman–Crippen MR) is 74.4 cm³/mol. The number of nitrogens with one attached hydrogen (secondary N) is 1. The molecule has 3 aromatic heterocycles. The lowest BCUT2D eigenvalue weighted by Gasteiger charge is -1.99. The van der Waals surface area contributed by atoms with Gasteiger partial charge < -0.3 is 14.4 Å². The Morgan fingerprint density at radius 2 is 2.29 bits per heavy atom. The van der Waals surface area contributed by atoms with Crippen LogP contribution in [0.15, 0.2) is 32.6 Å². The fraction of sp³-hybridized carbons (Fsp3) is 0.231. The third-order valence-corrected chi connectivity index (χ3v) is 3.51. The minimum Gasteiger partial charge on any atom is -0.361 e. The Balaban J connectivity index is 1.54. The van der Waals surface area contributed by atoms with Crippen molar-refractivity contribution in [3.63, 3.8) is 0 Å².